The third-order valence-electron chi connectivity index (χ3n) is 7.22. The van der Waals surface area contributed by atoms with Gasteiger partial charge in [-0.1, -0.05) is 0 Å². The predicted octanol–water partition coefficient (Wildman–Crippen LogP) is 2.76. The summed E-state index contributed by atoms with van der Waals surface area (Å²) in [6, 6.07) is 6.81. The summed E-state index contributed by atoms with van der Waals surface area (Å²) >= 11 is 0. The molecule has 0 bridgehead atoms. The summed E-state index contributed by atoms with van der Waals surface area (Å²) in [4.78, 5) is 38.7. The number of ether oxygens (including phenoxy) is 1. The fraction of sp³-hybridized carbons (Fsp3) is 0.500. The van der Waals surface area contributed by atoms with Crippen LogP contribution in [0.3, 0.4) is 0 Å². The van der Waals surface area contributed by atoms with Crippen LogP contribution in [-0.4, -0.2) is 53.2 Å². The molecule has 2 atom stereocenters. The van der Waals surface area contributed by atoms with Crippen molar-refractivity contribution >= 4 is 29.1 Å². The van der Waals surface area contributed by atoms with Crippen molar-refractivity contribution in [3.05, 3.63) is 30.5 Å². The van der Waals surface area contributed by atoms with E-state index in [2.05, 4.69) is 15.2 Å². The number of carbonyl (C=O) groups excluding carboxylic acids is 2. The number of nitrogens with zero attached hydrogens (tertiary/aromatic N) is 4. The van der Waals surface area contributed by atoms with Crippen LogP contribution in [-0.2, 0) is 9.53 Å². The maximum atomic E-state index is 13.8. The maximum absolute atomic E-state index is 13.8. The average Bonchev–Trinajstić information content (AvgIpc) is 3.71. The van der Waals surface area contributed by atoms with E-state index in [0.29, 0.717) is 43.1 Å². The summed E-state index contributed by atoms with van der Waals surface area (Å²) in [5, 5.41) is 2.57. The normalized spacial score (nSPS) is 26.6. The van der Waals surface area contributed by atoms with Crippen molar-refractivity contribution in [3.63, 3.8) is 0 Å². The highest BCUT2D eigenvalue weighted by Crippen LogP contribution is 2.49. The van der Waals surface area contributed by atoms with Gasteiger partial charge in [-0.25, -0.2) is 14.8 Å². The molecule has 4 aliphatic rings. The number of carbonyl (C=O) groups is 2. The van der Waals surface area contributed by atoms with E-state index in [-0.39, 0.29) is 11.9 Å². The molecule has 9 nitrogen and oxygen atoms in total. The van der Waals surface area contributed by atoms with Crippen LogP contribution in [0.1, 0.15) is 32.6 Å². The largest absolute Gasteiger partial charge is 0.376 e. The molecule has 0 spiro atoms. The lowest BCUT2D eigenvalue weighted by Gasteiger charge is -2.54. The number of primary amides is 1. The zero-order chi connectivity index (χ0) is 22.7. The second kappa shape index (κ2) is 7.41. The fourth-order valence-corrected chi connectivity index (χ4v) is 5.13. The number of anilines is 3. The summed E-state index contributed by atoms with van der Waals surface area (Å²) in [5.74, 6) is 2.57. The fourth-order valence-electron chi connectivity index (χ4n) is 5.13. The van der Waals surface area contributed by atoms with E-state index in [9.17, 15) is 9.59 Å². The molecule has 1 unspecified atom stereocenters. The molecule has 33 heavy (non-hydrogen) atoms. The number of nitrogens with one attached hydrogen (secondary N) is 1. The molecule has 3 fully saturated rings. The van der Waals surface area contributed by atoms with E-state index in [1.165, 1.54) is 0 Å². The lowest BCUT2D eigenvalue weighted by molar-refractivity contribution is -0.128. The van der Waals surface area contributed by atoms with Crippen molar-refractivity contribution in [2.45, 2.75) is 44.2 Å². The molecule has 6 rings (SSSR count). The highest BCUT2D eigenvalue weighted by Gasteiger charge is 2.56. The Hall–Kier alpha value is -3.20. The topological polar surface area (TPSA) is 114 Å². The van der Waals surface area contributed by atoms with Crippen molar-refractivity contribution < 1.29 is 14.3 Å². The molecule has 1 aromatic heterocycles. The van der Waals surface area contributed by atoms with Crippen molar-refractivity contribution in [2.75, 3.05) is 34.9 Å². The zero-order valence-corrected chi connectivity index (χ0v) is 18.7. The van der Waals surface area contributed by atoms with Crippen molar-refractivity contribution in [1.82, 2.24) is 9.97 Å². The number of hydrogen-bond acceptors (Lipinski definition) is 6. The monoisotopic (exact) mass is 448 g/mol. The van der Waals surface area contributed by atoms with Crippen LogP contribution in [0.15, 0.2) is 30.5 Å². The molecule has 3 N–H and O–H groups in total. The lowest BCUT2D eigenvalue weighted by Crippen LogP contribution is -2.71. The average molecular weight is 449 g/mol. The molecular weight excluding hydrogens is 420 g/mol. The van der Waals surface area contributed by atoms with Crippen LogP contribution in [0.4, 0.5) is 22.0 Å². The first-order chi connectivity index (χ1) is 15.9. The van der Waals surface area contributed by atoms with Gasteiger partial charge in [-0.2, -0.15) is 0 Å². The molecule has 1 saturated heterocycles. The Bertz CT molecular complexity index is 1110. The number of fused-ring (bicyclic) bond motifs is 3. The van der Waals surface area contributed by atoms with Gasteiger partial charge in [0, 0.05) is 17.8 Å². The summed E-state index contributed by atoms with van der Waals surface area (Å²) < 4.78 is 5.99. The molecule has 172 valence electrons. The van der Waals surface area contributed by atoms with Gasteiger partial charge in [0.2, 0.25) is 0 Å². The Morgan fingerprint density at radius 3 is 2.67 bits per heavy atom. The standard InChI is InChI=1S/C24H28N6O3/c1-24-13-33-12-19(15-4-5-15)30(24)21-18(29(22(24)31)11-14-2-3-14)10-26-20(28-21)16-6-8-17(9-7-16)27-23(25)32/h6-10,14-15,19H,2-5,11-13H2,1H3,(H3,25,27,32)/t19-,24?/m0/s1. The van der Waals surface area contributed by atoms with Gasteiger partial charge >= 0.3 is 6.03 Å². The maximum Gasteiger partial charge on any atom is 0.316 e. The molecule has 9 heteroatoms. The number of nitrogens with two attached hydrogens (primary N) is 1. The smallest absolute Gasteiger partial charge is 0.316 e. The van der Waals surface area contributed by atoms with Gasteiger partial charge in [-0.3, -0.25) is 4.79 Å². The van der Waals surface area contributed by atoms with Gasteiger partial charge in [0.15, 0.2) is 11.6 Å². The van der Waals surface area contributed by atoms with E-state index >= 15 is 0 Å². The number of benzene rings is 1. The first-order valence-electron chi connectivity index (χ1n) is 11.7. The number of hydrogen-bond donors (Lipinski definition) is 2. The van der Waals surface area contributed by atoms with Gasteiger partial charge in [0.1, 0.15) is 11.2 Å². The molecule has 2 aromatic rings. The molecular formula is C24H28N6O3. The molecule has 1 aromatic carbocycles. The Kier molecular flexibility index (Phi) is 4.58. The van der Waals surface area contributed by atoms with E-state index in [1.807, 2.05) is 24.0 Å². The third kappa shape index (κ3) is 3.51. The molecule has 2 aliphatic heterocycles. The summed E-state index contributed by atoms with van der Waals surface area (Å²) in [6.45, 7) is 3.68. The zero-order valence-electron chi connectivity index (χ0n) is 18.7. The van der Waals surface area contributed by atoms with E-state index in [0.717, 1.165) is 42.8 Å². The van der Waals surface area contributed by atoms with Gasteiger partial charge < -0.3 is 25.6 Å². The summed E-state index contributed by atoms with van der Waals surface area (Å²) in [6.07, 6.45) is 6.42. The van der Waals surface area contributed by atoms with Gasteiger partial charge in [-0.15, -0.1) is 0 Å². The van der Waals surface area contributed by atoms with Gasteiger partial charge in [0.05, 0.1) is 25.5 Å². The molecule has 3 amide bonds. The second-order valence-electron chi connectivity index (χ2n) is 9.89. The van der Waals surface area contributed by atoms with Crippen molar-refractivity contribution in [1.29, 1.82) is 0 Å². The Labute approximate surface area is 192 Å². The Morgan fingerprint density at radius 2 is 2.00 bits per heavy atom. The SMILES string of the molecule is CC12COC[C@@H](C3CC3)N1c1nc(-c3ccc(NC(N)=O)cc3)ncc1N(CC1CC1)C2=O. The lowest BCUT2D eigenvalue weighted by atomic mass is 9.89. The minimum absolute atomic E-state index is 0.0884. The van der Waals surface area contributed by atoms with Crippen LogP contribution in [0.25, 0.3) is 11.4 Å². The van der Waals surface area contributed by atoms with Crippen LogP contribution in [0.5, 0.6) is 0 Å². The Balaban J connectivity index is 1.43. The third-order valence-corrected chi connectivity index (χ3v) is 7.22. The minimum Gasteiger partial charge on any atom is -0.376 e. The number of rotatable bonds is 5. The van der Waals surface area contributed by atoms with Crippen LogP contribution >= 0.6 is 0 Å². The van der Waals surface area contributed by atoms with E-state index < -0.39 is 11.6 Å². The summed E-state index contributed by atoms with van der Waals surface area (Å²) in [7, 11) is 0. The van der Waals surface area contributed by atoms with E-state index in [1.54, 1.807) is 18.3 Å². The van der Waals surface area contributed by atoms with Crippen LogP contribution < -0.4 is 20.9 Å². The highest BCUT2D eigenvalue weighted by atomic mass is 16.5. The van der Waals surface area contributed by atoms with Crippen LogP contribution in [0.2, 0.25) is 0 Å². The van der Waals surface area contributed by atoms with Gasteiger partial charge in [0.25, 0.3) is 5.91 Å². The molecule has 0 radical (unpaired) electrons. The highest BCUT2D eigenvalue weighted by molar-refractivity contribution is 6.08. The first kappa shape index (κ1) is 20.4. The predicted molar refractivity (Wildman–Crippen MR) is 124 cm³/mol. The van der Waals surface area contributed by atoms with E-state index in [4.69, 9.17) is 15.5 Å². The van der Waals surface area contributed by atoms with Crippen LogP contribution in [0, 0.1) is 11.8 Å². The second-order valence-corrected chi connectivity index (χ2v) is 9.89. The summed E-state index contributed by atoms with van der Waals surface area (Å²) in [5.41, 5.74) is 6.68. The minimum atomic E-state index is -0.770. The number of aromatic nitrogens is 2. The Morgan fingerprint density at radius 1 is 1.24 bits per heavy atom. The van der Waals surface area contributed by atoms with Crippen molar-refractivity contribution in [3.8, 4) is 11.4 Å². The van der Waals surface area contributed by atoms with Crippen molar-refractivity contribution in [2.24, 2.45) is 17.6 Å². The van der Waals surface area contributed by atoms with Gasteiger partial charge in [-0.05, 0) is 68.7 Å². The quantitative estimate of drug-likeness (QED) is 0.727. The number of urea groups is 1. The number of morpholine rings is 1. The first-order valence-corrected chi connectivity index (χ1v) is 11.7. The molecule has 3 heterocycles. The molecule has 2 aliphatic carbocycles. The number of amides is 3. The molecule has 2 saturated carbocycles.